The van der Waals surface area contributed by atoms with Crippen molar-refractivity contribution in [3.63, 3.8) is 0 Å². The second kappa shape index (κ2) is 4.86. The molecule has 0 amide bonds. The van der Waals surface area contributed by atoms with E-state index >= 15 is 0 Å². The summed E-state index contributed by atoms with van der Waals surface area (Å²) in [6.07, 6.45) is 0. The number of nitrogens with one attached hydrogen (secondary N) is 1. The zero-order valence-corrected chi connectivity index (χ0v) is 9.84. The maximum atomic E-state index is 11.4. The lowest BCUT2D eigenvalue weighted by Crippen LogP contribution is -2.15. The first-order valence-corrected chi connectivity index (χ1v) is 6.26. The van der Waals surface area contributed by atoms with E-state index in [4.69, 9.17) is 10.00 Å². The van der Waals surface area contributed by atoms with Gasteiger partial charge in [-0.2, -0.15) is 5.26 Å². The van der Waals surface area contributed by atoms with Crippen LogP contribution in [0.1, 0.15) is 12.5 Å². The average Bonchev–Trinajstić information content (AvgIpc) is 2.29. The highest BCUT2D eigenvalue weighted by Crippen LogP contribution is 2.26. The van der Waals surface area contributed by atoms with Crippen molar-refractivity contribution < 1.29 is 13.2 Å². The Balaban J connectivity index is 3.11. The van der Waals surface area contributed by atoms with Crippen LogP contribution < -0.4 is 9.46 Å². The van der Waals surface area contributed by atoms with Gasteiger partial charge in [0.05, 0.1) is 30.2 Å². The Morgan fingerprint density at radius 1 is 1.50 bits per heavy atom. The van der Waals surface area contributed by atoms with Crippen LogP contribution in [0.15, 0.2) is 18.2 Å². The van der Waals surface area contributed by atoms with E-state index < -0.39 is 10.0 Å². The maximum absolute atomic E-state index is 11.4. The number of anilines is 1. The first-order valence-electron chi connectivity index (χ1n) is 4.61. The first kappa shape index (κ1) is 12.3. The van der Waals surface area contributed by atoms with Crippen molar-refractivity contribution in [3.8, 4) is 11.8 Å². The molecule has 1 aromatic carbocycles. The number of nitrogens with zero attached hydrogens (tertiary/aromatic N) is 1. The van der Waals surface area contributed by atoms with E-state index in [0.29, 0.717) is 17.0 Å². The second-order valence-electron chi connectivity index (χ2n) is 3.03. The molecule has 0 aromatic heterocycles. The van der Waals surface area contributed by atoms with Crippen molar-refractivity contribution >= 4 is 15.7 Å². The molecule has 0 saturated heterocycles. The smallest absolute Gasteiger partial charge is 0.232 e. The Morgan fingerprint density at radius 3 is 2.69 bits per heavy atom. The van der Waals surface area contributed by atoms with Gasteiger partial charge in [-0.05, 0) is 19.1 Å². The SMILES string of the molecule is CCS(=O)(=O)Nc1ccc(C#N)cc1OC. The summed E-state index contributed by atoms with van der Waals surface area (Å²) in [5, 5.41) is 8.68. The molecule has 0 aliphatic rings. The number of hydrogen-bond donors (Lipinski definition) is 1. The molecule has 0 aliphatic carbocycles. The molecule has 0 bridgehead atoms. The van der Waals surface area contributed by atoms with Crippen LogP contribution in [-0.4, -0.2) is 21.3 Å². The highest BCUT2D eigenvalue weighted by Gasteiger charge is 2.11. The monoisotopic (exact) mass is 240 g/mol. The molecule has 16 heavy (non-hydrogen) atoms. The van der Waals surface area contributed by atoms with Gasteiger partial charge in [-0.15, -0.1) is 0 Å². The lowest BCUT2D eigenvalue weighted by atomic mass is 10.2. The summed E-state index contributed by atoms with van der Waals surface area (Å²) in [5.74, 6) is 0.312. The molecule has 6 heteroatoms. The summed E-state index contributed by atoms with van der Waals surface area (Å²) in [6.45, 7) is 1.54. The Bertz CT molecular complexity index is 517. The highest BCUT2D eigenvalue weighted by molar-refractivity contribution is 7.92. The third-order valence-electron chi connectivity index (χ3n) is 1.98. The molecule has 1 N–H and O–H groups in total. The van der Waals surface area contributed by atoms with Crippen molar-refractivity contribution in [1.82, 2.24) is 0 Å². The fourth-order valence-electron chi connectivity index (χ4n) is 1.08. The fraction of sp³-hybridized carbons (Fsp3) is 0.300. The van der Waals surface area contributed by atoms with Gasteiger partial charge in [0.15, 0.2) is 0 Å². The highest BCUT2D eigenvalue weighted by atomic mass is 32.2. The van der Waals surface area contributed by atoms with Gasteiger partial charge in [0, 0.05) is 6.07 Å². The minimum absolute atomic E-state index is 0.0177. The summed E-state index contributed by atoms with van der Waals surface area (Å²) >= 11 is 0. The molecular weight excluding hydrogens is 228 g/mol. The molecule has 0 fully saturated rings. The van der Waals surface area contributed by atoms with Gasteiger partial charge < -0.3 is 4.74 Å². The van der Waals surface area contributed by atoms with Gasteiger partial charge in [-0.3, -0.25) is 4.72 Å². The lowest BCUT2D eigenvalue weighted by Gasteiger charge is -2.10. The molecule has 0 aliphatic heterocycles. The number of rotatable bonds is 4. The zero-order valence-electron chi connectivity index (χ0n) is 9.02. The fourth-order valence-corrected chi connectivity index (χ4v) is 1.73. The summed E-state index contributed by atoms with van der Waals surface area (Å²) in [4.78, 5) is 0. The summed E-state index contributed by atoms with van der Waals surface area (Å²) in [5.41, 5.74) is 0.750. The van der Waals surface area contributed by atoms with Crippen LogP contribution in [0.2, 0.25) is 0 Å². The van der Waals surface area contributed by atoms with E-state index in [-0.39, 0.29) is 5.75 Å². The predicted molar refractivity (Wildman–Crippen MR) is 60.8 cm³/mol. The van der Waals surface area contributed by atoms with Crippen LogP contribution in [0.4, 0.5) is 5.69 Å². The third-order valence-corrected chi connectivity index (χ3v) is 3.27. The topological polar surface area (TPSA) is 79.2 Å². The van der Waals surface area contributed by atoms with Crippen LogP contribution >= 0.6 is 0 Å². The largest absolute Gasteiger partial charge is 0.495 e. The molecule has 0 heterocycles. The standard InChI is InChI=1S/C10H12N2O3S/c1-3-16(13,14)12-9-5-4-8(7-11)6-10(9)15-2/h4-6,12H,3H2,1-2H3. The van der Waals surface area contributed by atoms with Crippen LogP contribution in [0.25, 0.3) is 0 Å². The molecule has 0 atom stereocenters. The third kappa shape index (κ3) is 2.87. The Labute approximate surface area is 94.7 Å². The van der Waals surface area contributed by atoms with Gasteiger partial charge in [-0.25, -0.2) is 8.42 Å². The van der Waals surface area contributed by atoms with Crippen LogP contribution in [-0.2, 0) is 10.0 Å². The molecule has 5 nitrogen and oxygen atoms in total. The minimum Gasteiger partial charge on any atom is -0.495 e. The zero-order chi connectivity index (χ0) is 12.2. The quantitative estimate of drug-likeness (QED) is 0.861. The molecule has 0 unspecified atom stereocenters. The van der Waals surface area contributed by atoms with Gasteiger partial charge in [0.25, 0.3) is 0 Å². The Kier molecular flexibility index (Phi) is 3.74. The number of sulfonamides is 1. The first-order chi connectivity index (χ1) is 7.52. The van der Waals surface area contributed by atoms with E-state index in [2.05, 4.69) is 4.72 Å². The van der Waals surface area contributed by atoms with Gasteiger partial charge in [0.1, 0.15) is 5.75 Å². The predicted octanol–water partition coefficient (Wildman–Crippen LogP) is 1.33. The van der Waals surface area contributed by atoms with Gasteiger partial charge >= 0.3 is 0 Å². The van der Waals surface area contributed by atoms with E-state index in [1.807, 2.05) is 6.07 Å². The molecule has 86 valence electrons. The van der Waals surface area contributed by atoms with E-state index in [1.54, 1.807) is 6.92 Å². The molecule has 1 rings (SSSR count). The van der Waals surface area contributed by atoms with Gasteiger partial charge in [0.2, 0.25) is 10.0 Å². The minimum atomic E-state index is -3.34. The molecule has 0 saturated carbocycles. The van der Waals surface area contributed by atoms with E-state index in [0.717, 1.165) is 0 Å². The van der Waals surface area contributed by atoms with Crippen molar-refractivity contribution in [1.29, 1.82) is 5.26 Å². The molecule has 1 aromatic rings. The van der Waals surface area contributed by atoms with E-state index in [9.17, 15) is 8.42 Å². The Hall–Kier alpha value is -1.74. The van der Waals surface area contributed by atoms with Crippen molar-refractivity contribution in [2.45, 2.75) is 6.92 Å². The Morgan fingerprint density at radius 2 is 2.19 bits per heavy atom. The van der Waals surface area contributed by atoms with Crippen molar-refractivity contribution in [3.05, 3.63) is 23.8 Å². The molecule has 0 radical (unpaired) electrons. The van der Waals surface area contributed by atoms with Crippen LogP contribution in [0, 0.1) is 11.3 Å². The number of hydrogen-bond acceptors (Lipinski definition) is 4. The number of ether oxygens (including phenoxy) is 1. The number of methoxy groups -OCH3 is 1. The lowest BCUT2D eigenvalue weighted by molar-refractivity contribution is 0.416. The normalized spacial score (nSPS) is 10.6. The maximum Gasteiger partial charge on any atom is 0.232 e. The average molecular weight is 240 g/mol. The van der Waals surface area contributed by atoms with Crippen molar-refractivity contribution in [2.24, 2.45) is 0 Å². The van der Waals surface area contributed by atoms with Gasteiger partial charge in [-0.1, -0.05) is 0 Å². The van der Waals surface area contributed by atoms with Crippen LogP contribution in [0.5, 0.6) is 5.75 Å². The summed E-state index contributed by atoms with van der Waals surface area (Å²) in [7, 11) is -1.92. The summed E-state index contributed by atoms with van der Waals surface area (Å²) in [6, 6.07) is 6.46. The second-order valence-corrected chi connectivity index (χ2v) is 5.04. The molecule has 0 spiro atoms. The summed E-state index contributed by atoms with van der Waals surface area (Å²) < 4.78 is 30.1. The number of nitriles is 1. The van der Waals surface area contributed by atoms with Crippen molar-refractivity contribution in [2.75, 3.05) is 17.6 Å². The van der Waals surface area contributed by atoms with E-state index in [1.165, 1.54) is 25.3 Å². The molecular formula is C10H12N2O3S. The number of benzene rings is 1. The van der Waals surface area contributed by atoms with Crippen LogP contribution in [0.3, 0.4) is 0 Å².